The fraction of sp³-hybridized carbons (Fsp3) is 0.179. The normalized spacial score (nSPS) is 14.1. The topological polar surface area (TPSA) is 77.4 Å². The Balaban J connectivity index is 1.55. The van der Waals surface area contributed by atoms with Crippen LogP contribution in [0.2, 0.25) is 5.02 Å². The van der Waals surface area contributed by atoms with E-state index in [1.165, 1.54) is 12.1 Å². The number of anilines is 1. The molecule has 0 aromatic heterocycles. The number of methoxy groups -OCH3 is 1. The van der Waals surface area contributed by atoms with E-state index in [0.29, 0.717) is 51.2 Å². The molecule has 1 amide bonds. The van der Waals surface area contributed by atoms with Crippen LogP contribution in [-0.2, 0) is 16.1 Å². The number of amides is 1. The molecule has 1 heterocycles. The van der Waals surface area contributed by atoms with Gasteiger partial charge >= 0.3 is 5.97 Å². The summed E-state index contributed by atoms with van der Waals surface area (Å²) in [6, 6.07) is 19.7. The van der Waals surface area contributed by atoms with Crippen LogP contribution in [0.5, 0.6) is 11.5 Å². The minimum atomic E-state index is -0.418. The van der Waals surface area contributed by atoms with E-state index >= 15 is 0 Å². The van der Waals surface area contributed by atoms with Crippen LogP contribution >= 0.6 is 11.6 Å². The lowest BCUT2D eigenvalue weighted by molar-refractivity contribution is -0.114. The summed E-state index contributed by atoms with van der Waals surface area (Å²) in [7, 11) is 1.53. The van der Waals surface area contributed by atoms with E-state index in [4.69, 9.17) is 25.8 Å². The molecule has 0 radical (unpaired) electrons. The van der Waals surface area contributed by atoms with Crippen molar-refractivity contribution in [3.8, 4) is 11.5 Å². The van der Waals surface area contributed by atoms with Crippen molar-refractivity contribution in [2.45, 2.75) is 20.5 Å². The largest absolute Gasteiger partial charge is 0.493 e. The molecule has 0 N–H and O–H groups in total. The van der Waals surface area contributed by atoms with E-state index in [-0.39, 0.29) is 12.5 Å². The third kappa shape index (κ3) is 5.42. The molecule has 1 aliphatic rings. The molecule has 7 nitrogen and oxygen atoms in total. The van der Waals surface area contributed by atoms with Crippen molar-refractivity contribution < 1.29 is 23.8 Å². The van der Waals surface area contributed by atoms with Crippen LogP contribution in [-0.4, -0.2) is 31.3 Å². The molecule has 8 heteroatoms. The van der Waals surface area contributed by atoms with Crippen LogP contribution in [0.25, 0.3) is 6.08 Å². The van der Waals surface area contributed by atoms with Crippen molar-refractivity contribution in [2.75, 3.05) is 18.7 Å². The molecular formula is C28H25ClN2O5. The number of benzene rings is 3. The van der Waals surface area contributed by atoms with Gasteiger partial charge in [-0.05, 0) is 67.4 Å². The van der Waals surface area contributed by atoms with Crippen molar-refractivity contribution in [1.29, 1.82) is 0 Å². The minimum Gasteiger partial charge on any atom is -0.493 e. The number of ether oxygens (including phenoxy) is 3. The number of carbonyl (C=O) groups is 2. The Kier molecular flexibility index (Phi) is 7.71. The second-order valence-corrected chi connectivity index (χ2v) is 8.34. The summed E-state index contributed by atoms with van der Waals surface area (Å²) in [5.74, 6) is 0.170. The van der Waals surface area contributed by atoms with E-state index in [0.717, 1.165) is 5.56 Å². The predicted molar refractivity (Wildman–Crippen MR) is 140 cm³/mol. The molecular weight excluding hydrogens is 480 g/mol. The first-order valence-electron chi connectivity index (χ1n) is 11.3. The third-order valence-electron chi connectivity index (χ3n) is 5.47. The number of nitrogens with zero attached hydrogens (tertiary/aromatic N) is 2. The maximum atomic E-state index is 13.2. The number of rotatable bonds is 8. The van der Waals surface area contributed by atoms with E-state index in [9.17, 15) is 9.59 Å². The van der Waals surface area contributed by atoms with E-state index in [1.54, 1.807) is 56.3 Å². The highest BCUT2D eigenvalue weighted by Crippen LogP contribution is 2.38. The third-order valence-corrected chi connectivity index (χ3v) is 5.76. The van der Waals surface area contributed by atoms with Gasteiger partial charge in [-0.25, -0.2) is 4.79 Å². The summed E-state index contributed by atoms with van der Waals surface area (Å²) in [5.41, 5.74) is 3.58. The number of carbonyl (C=O) groups excluding carboxylic acids is 2. The van der Waals surface area contributed by atoms with Gasteiger partial charge in [-0.15, -0.1) is 0 Å². The maximum absolute atomic E-state index is 13.2. The van der Waals surface area contributed by atoms with Crippen LogP contribution in [0, 0.1) is 0 Å². The van der Waals surface area contributed by atoms with Crippen molar-refractivity contribution >= 4 is 41.0 Å². The van der Waals surface area contributed by atoms with Crippen LogP contribution in [0.1, 0.15) is 35.3 Å². The summed E-state index contributed by atoms with van der Waals surface area (Å²) in [6.07, 6.45) is 1.71. The molecule has 0 saturated carbocycles. The van der Waals surface area contributed by atoms with Crippen LogP contribution in [0.15, 0.2) is 77.4 Å². The Morgan fingerprint density at radius 2 is 1.81 bits per heavy atom. The van der Waals surface area contributed by atoms with Crippen LogP contribution in [0.3, 0.4) is 0 Å². The standard InChI is InChI=1S/C28H25ClN2O5/c1-4-35-28(33)21-10-12-22(13-11-21)31-27(32)23(18(2)30-31)14-20-15-24(29)26(25(16-20)34-3)36-17-19-8-6-5-7-9-19/h5-16H,4,17H2,1-3H3/b23-14-. The molecule has 0 aliphatic carbocycles. The Morgan fingerprint density at radius 3 is 2.47 bits per heavy atom. The summed E-state index contributed by atoms with van der Waals surface area (Å²) in [5, 5.41) is 6.06. The first-order chi connectivity index (χ1) is 17.4. The molecule has 36 heavy (non-hydrogen) atoms. The summed E-state index contributed by atoms with van der Waals surface area (Å²) in [6.45, 7) is 4.13. The monoisotopic (exact) mass is 504 g/mol. The molecule has 0 saturated heterocycles. The number of hydrogen-bond donors (Lipinski definition) is 0. The molecule has 3 aromatic carbocycles. The van der Waals surface area contributed by atoms with Crippen LogP contribution < -0.4 is 14.5 Å². The summed E-state index contributed by atoms with van der Waals surface area (Å²) < 4.78 is 16.4. The smallest absolute Gasteiger partial charge is 0.338 e. The van der Waals surface area contributed by atoms with Gasteiger partial charge in [-0.3, -0.25) is 4.79 Å². The molecule has 1 aliphatic heterocycles. The van der Waals surface area contributed by atoms with Gasteiger partial charge in [0.2, 0.25) is 0 Å². The highest BCUT2D eigenvalue weighted by atomic mass is 35.5. The average Bonchev–Trinajstić information content (AvgIpc) is 3.17. The lowest BCUT2D eigenvalue weighted by atomic mass is 10.1. The van der Waals surface area contributed by atoms with E-state index in [1.807, 2.05) is 30.3 Å². The number of halogens is 1. The SMILES string of the molecule is CCOC(=O)c1ccc(N2N=C(C)/C(=C/c3cc(Cl)c(OCc4ccccc4)c(OC)c3)C2=O)cc1. The molecule has 0 atom stereocenters. The molecule has 0 fully saturated rings. The highest BCUT2D eigenvalue weighted by Gasteiger charge is 2.29. The van der Waals surface area contributed by atoms with E-state index in [2.05, 4.69) is 5.10 Å². The van der Waals surface area contributed by atoms with Gasteiger partial charge in [0.25, 0.3) is 5.91 Å². The number of hydrogen-bond acceptors (Lipinski definition) is 6. The van der Waals surface area contributed by atoms with Crippen molar-refractivity contribution in [3.05, 3.63) is 94.0 Å². The first-order valence-corrected chi connectivity index (χ1v) is 11.7. The van der Waals surface area contributed by atoms with Gasteiger partial charge in [0.1, 0.15) is 6.61 Å². The zero-order valence-electron chi connectivity index (χ0n) is 20.2. The lowest BCUT2D eigenvalue weighted by Crippen LogP contribution is -2.21. The van der Waals surface area contributed by atoms with Gasteiger partial charge in [-0.2, -0.15) is 10.1 Å². The highest BCUT2D eigenvalue weighted by molar-refractivity contribution is 6.33. The Morgan fingerprint density at radius 1 is 1.08 bits per heavy atom. The molecule has 4 rings (SSSR count). The maximum Gasteiger partial charge on any atom is 0.338 e. The number of hydrazone groups is 1. The fourth-order valence-electron chi connectivity index (χ4n) is 3.67. The van der Waals surface area contributed by atoms with Gasteiger partial charge in [0.15, 0.2) is 11.5 Å². The van der Waals surface area contributed by atoms with Crippen molar-refractivity contribution in [2.24, 2.45) is 5.10 Å². The number of esters is 1. The second-order valence-electron chi connectivity index (χ2n) is 7.94. The summed E-state index contributed by atoms with van der Waals surface area (Å²) in [4.78, 5) is 25.1. The second kappa shape index (κ2) is 11.1. The average molecular weight is 505 g/mol. The van der Waals surface area contributed by atoms with E-state index < -0.39 is 5.97 Å². The molecule has 3 aromatic rings. The Bertz CT molecular complexity index is 1330. The zero-order chi connectivity index (χ0) is 25.7. The fourth-order valence-corrected chi connectivity index (χ4v) is 3.95. The van der Waals surface area contributed by atoms with Crippen molar-refractivity contribution in [3.63, 3.8) is 0 Å². The van der Waals surface area contributed by atoms with Gasteiger partial charge in [0.05, 0.1) is 41.3 Å². The van der Waals surface area contributed by atoms with Gasteiger partial charge < -0.3 is 14.2 Å². The quantitative estimate of drug-likeness (QED) is 0.281. The lowest BCUT2D eigenvalue weighted by Gasteiger charge is -2.14. The Labute approximate surface area is 214 Å². The molecule has 0 spiro atoms. The van der Waals surface area contributed by atoms with Crippen molar-refractivity contribution in [1.82, 2.24) is 0 Å². The molecule has 184 valence electrons. The first kappa shape index (κ1) is 25.0. The molecule has 0 bridgehead atoms. The zero-order valence-corrected chi connectivity index (χ0v) is 20.9. The summed E-state index contributed by atoms with van der Waals surface area (Å²) >= 11 is 6.53. The van der Waals surface area contributed by atoms with Gasteiger partial charge in [-0.1, -0.05) is 41.9 Å². The predicted octanol–water partition coefficient (Wildman–Crippen LogP) is 5.91. The Hall–Kier alpha value is -4.10. The molecule has 0 unspecified atom stereocenters. The van der Waals surface area contributed by atoms with Crippen LogP contribution in [0.4, 0.5) is 5.69 Å². The minimum absolute atomic E-state index is 0.289. The van der Waals surface area contributed by atoms with Gasteiger partial charge in [0, 0.05) is 0 Å².